The van der Waals surface area contributed by atoms with Gasteiger partial charge in [0.15, 0.2) is 0 Å². The summed E-state index contributed by atoms with van der Waals surface area (Å²) in [4.78, 5) is 175. The maximum atomic E-state index is 14.7. The molecule has 0 aliphatic heterocycles. The molecule has 0 aliphatic rings. The van der Waals surface area contributed by atoms with Crippen molar-refractivity contribution in [2.24, 2.45) is 41.4 Å². The van der Waals surface area contributed by atoms with Crippen LogP contribution in [-0.4, -0.2) is 237 Å². The third-order valence-electron chi connectivity index (χ3n) is 16.6. The lowest BCUT2D eigenvalue weighted by Gasteiger charge is -2.39. The molecule has 0 saturated carbocycles. The first kappa shape index (κ1) is 85.3. The first-order valence-corrected chi connectivity index (χ1v) is 34.3. The summed E-state index contributed by atoms with van der Waals surface area (Å²) < 4.78 is 31.0. The van der Waals surface area contributed by atoms with E-state index in [-0.39, 0.29) is 67.6 Å². The fourth-order valence-corrected chi connectivity index (χ4v) is 12.2. The van der Waals surface area contributed by atoms with Gasteiger partial charge in [-0.1, -0.05) is 102 Å². The average molecular weight is 1320 g/mol. The lowest BCUT2D eigenvalue weighted by Crippen LogP contribution is -2.62. The molecule has 27 heteroatoms. The SMILES string of the molecule is CC=CCC(C)C(CC(=O)NC(CC)C(=O)N(C)C(C)C(=O)N(C)C(C(=O)NC(C(=O)N(C)C(CC(C)C)C(=O)NC(C)C(=O)NC(C)C(=O)N(C)C(CC(C)C)C(=O)N(C)C(CC(C)C)C(=O)N(C)C(C(=O)NC)C(C)C)C(C)C)C(C)CS(C)(=O)=O)OC(C)=O. The van der Waals surface area contributed by atoms with Gasteiger partial charge in [-0.05, 0) is 101 Å². The summed E-state index contributed by atoms with van der Waals surface area (Å²) in [6, 6.07) is -11.9. The van der Waals surface area contributed by atoms with Crippen LogP contribution in [-0.2, 0) is 72.1 Å². The molecule has 0 aliphatic carbocycles. The van der Waals surface area contributed by atoms with Crippen molar-refractivity contribution in [3.05, 3.63) is 12.2 Å². The largest absolute Gasteiger partial charge is 0.462 e. The number of nitrogens with one attached hydrogen (secondary N) is 5. The lowest BCUT2D eigenvalue weighted by molar-refractivity contribution is -0.153. The van der Waals surface area contributed by atoms with Crippen molar-refractivity contribution in [2.45, 2.75) is 230 Å². The molecule has 26 nitrogen and oxygen atoms in total. The summed E-state index contributed by atoms with van der Waals surface area (Å²) in [6.07, 6.45) is 4.83. The summed E-state index contributed by atoms with van der Waals surface area (Å²) in [5, 5.41) is 13.3. The number of rotatable bonds is 38. The molecule has 0 bridgehead atoms. The Hall–Kier alpha value is -6.67. The van der Waals surface area contributed by atoms with Gasteiger partial charge in [-0.15, -0.1) is 0 Å². The van der Waals surface area contributed by atoms with Crippen LogP contribution in [0.1, 0.15) is 163 Å². The Labute approximate surface area is 549 Å². The number of carbonyl (C=O) groups excluding carboxylic acids is 12. The molecule has 11 amide bonds. The van der Waals surface area contributed by atoms with Crippen molar-refractivity contribution >= 4 is 80.8 Å². The molecule has 92 heavy (non-hydrogen) atoms. The van der Waals surface area contributed by atoms with E-state index < -0.39 is 159 Å². The second-order valence-corrected chi connectivity index (χ2v) is 29.2. The number of hydrogen-bond donors (Lipinski definition) is 5. The van der Waals surface area contributed by atoms with Crippen LogP contribution >= 0.6 is 0 Å². The van der Waals surface area contributed by atoms with Crippen molar-refractivity contribution < 1.29 is 70.7 Å². The maximum Gasteiger partial charge on any atom is 0.302 e. The van der Waals surface area contributed by atoms with Gasteiger partial charge in [0.1, 0.15) is 76.4 Å². The van der Waals surface area contributed by atoms with E-state index in [0.29, 0.717) is 6.42 Å². The van der Waals surface area contributed by atoms with E-state index in [1.807, 2.05) is 81.4 Å². The minimum absolute atomic E-state index is 0.0461. The molecular formula is C65H117N11O15S. The molecule has 0 fully saturated rings. The summed E-state index contributed by atoms with van der Waals surface area (Å²) in [5.41, 5.74) is 0. The Balaban J connectivity index is 6.82. The minimum atomic E-state index is -3.79. The van der Waals surface area contributed by atoms with E-state index in [9.17, 15) is 66.0 Å². The molecular weight excluding hydrogens is 1210 g/mol. The van der Waals surface area contributed by atoms with Gasteiger partial charge in [0, 0.05) is 62.5 Å². The minimum Gasteiger partial charge on any atom is -0.462 e. The molecule has 0 aromatic rings. The molecule has 0 spiro atoms. The van der Waals surface area contributed by atoms with Crippen LogP contribution in [0.2, 0.25) is 0 Å². The highest BCUT2D eigenvalue weighted by Crippen LogP contribution is 2.24. The van der Waals surface area contributed by atoms with Crippen molar-refractivity contribution in [1.29, 1.82) is 0 Å². The van der Waals surface area contributed by atoms with Gasteiger partial charge in [-0.2, -0.15) is 0 Å². The number of likely N-dealkylation sites (N-methyl/N-ethyl adjacent to an activating group) is 7. The van der Waals surface area contributed by atoms with E-state index in [2.05, 4.69) is 26.6 Å². The van der Waals surface area contributed by atoms with Crippen LogP contribution in [0.4, 0.5) is 0 Å². The Bertz CT molecular complexity index is 2670. The fraction of sp³-hybridized carbons (Fsp3) is 0.785. The van der Waals surface area contributed by atoms with Gasteiger partial charge in [-0.25, -0.2) is 8.42 Å². The van der Waals surface area contributed by atoms with Gasteiger partial charge < -0.3 is 60.7 Å². The highest BCUT2D eigenvalue weighted by Gasteiger charge is 2.44. The zero-order valence-electron chi connectivity index (χ0n) is 60.2. The highest BCUT2D eigenvalue weighted by atomic mass is 32.2. The van der Waals surface area contributed by atoms with E-state index in [4.69, 9.17) is 4.74 Å². The molecule has 0 aromatic carbocycles. The highest BCUT2D eigenvalue weighted by molar-refractivity contribution is 7.90. The zero-order valence-corrected chi connectivity index (χ0v) is 61.0. The smallest absolute Gasteiger partial charge is 0.302 e. The predicted molar refractivity (Wildman–Crippen MR) is 354 cm³/mol. The van der Waals surface area contributed by atoms with Gasteiger partial charge in [0.05, 0.1) is 12.2 Å². The lowest BCUT2D eigenvalue weighted by atomic mass is 9.96. The molecule has 0 radical (unpaired) electrons. The van der Waals surface area contributed by atoms with Crippen LogP contribution in [0, 0.1) is 41.4 Å². The first-order valence-electron chi connectivity index (χ1n) is 32.2. The van der Waals surface area contributed by atoms with Crippen LogP contribution in [0.5, 0.6) is 0 Å². The first-order chi connectivity index (χ1) is 42.3. The van der Waals surface area contributed by atoms with Crippen LogP contribution < -0.4 is 26.6 Å². The molecule has 13 atom stereocenters. The maximum absolute atomic E-state index is 14.7. The number of sulfone groups is 1. The zero-order chi connectivity index (χ0) is 71.9. The number of esters is 1. The molecule has 528 valence electrons. The summed E-state index contributed by atoms with van der Waals surface area (Å²) in [7, 11) is 6.14. The Morgan fingerprint density at radius 3 is 1.38 bits per heavy atom. The summed E-state index contributed by atoms with van der Waals surface area (Å²) in [5.74, 6) is -10.9. The van der Waals surface area contributed by atoms with E-state index in [1.165, 1.54) is 98.7 Å². The standard InChI is InChI=1S/C65H117N11O15S/c1-27-29-30-41(13)51(91-46(18)77)34-52(78)69-47(28-2)62(85)71(20)45(17)61(84)76(25)55(42(14)35-92(26,89)90)59(82)70-53(39(9)10)65(88)72(21)48(31-36(3)4)57(80)67-43(15)56(79)68-44(16)60(83)73(22)49(32-37(5)6)63(86)74(23)50(33-38(7)8)64(87)75(24)54(40(11)12)58(81)66-19/h27,29,36-45,47-51,53-55H,28,30-35H2,1-26H3,(H,66,81)(H,67,80)(H,68,79)(H,69,78)(H,70,82). The van der Waals surface area contributed by atoms with Crippen LogP contribution in [0.15, 0.2) is 12.2 Å². The Morgan fingerprint density at radius 2 is 0.946 bits per heavy atom. The van der Waals surface area contributed by atoms with Gasteiger partial charge in [0.25, 0.3) is 0 Å². The van der Waals surface area contributed by atoms with E-state index >= 15 is 0 Å². The Morgan fingerprint density at radius 1 is 0.489 bits per heavy atom. The fourth-order valence-electron chi connectivity index (χ4n) is 11.1. The average Bonchev–Trinajstić information content (AvgIpc) is 0.824. The normalized spacial score (nSPS) is 16.1. The second-order valence-electron chi connectivity index (χ2n) is 27.0. The van der Waals surface area contributed by atoms with Crippen LogP contribution in [0.25, 0.3) is 0 Å². The van der Waals surface area contributed by atoms with E-state index in [0.717, 1.165) is 21.0 Å². The molecule has 0 aromatic heterocycles. The second kappa shape index (κ2) is 39.1. The van der Waals surface area contributed by atoms with Crippen LogP contribution in [0.3, 0.4) is 0 Å². The molecule has 0 rings (SSSR count). The van der Waals surface area contributed by atoms with Gasteiger partial charge in [0.2, 0.25) is 65.0 Å². The van der Waals surface area contributed by atoms with Crippen molar-refractivity contribution in [3.63, 3.8) is 0 Å². The van der Waals surface area contributed by atoms with Crippen molar-refractivity contribution in [1.82, 2.24) is 56.0 Å². The molecule has 0 heterocycles. The van der Waals surface area contributed by atoms with Gasteiger partial charge in [-0.3, -0.25) is 57.5 Å². The van der Waals surface area contributed by atoms with E-state index in [1.54, 1.807) is 20.8 Å². The third-order valence-corrected chi connectivity index (χ3v) is 17.7. The third kappa shape index (κ3) is 26.4. The number of nitrogens with zero attached hydrogens (tertiary/aromatic N) is 6. The molecule has 0 saturated heterocycles. The number of allylic oxidation sites excluding steroid dienone is 2. The molecule has 13 unspecified atom stereocenters. The molecule has 5 N–H and O–H groups in total. The van der Waals surface area contributed by atoms with Gasteiger partial charge >= 0.3 is 5.97 Å². The number of ether oxygens (including phenoxy) is 1. The quantitative estimate of drug-likeness (QED) is 0.0438. The summed E-state index contributed by atoms with van der Waals surface area (Å²) in [6.45, 7) is 30.3. The number of hydrogen-bond acceptors (Lipinski definition) is 15. The summed E-state index contributed by atoms with van der Waals surface area (Å²) >= 11 is 0. The number of amides is 11. The van der Waals surface area contributed by atoms with Crippen molar-refractivity contribution in [3.8, 4) is 0 Å². The number of carbonyl (C=O) groups is 12. The predicted octanol–water partition coefficient (Wildman–Crippen LogP) is 3.16. The van der Waals surface area contributed by atoms with Crippen molar-refractivity contribution in [2.75, 3.05) is 61.3 Å². The Kier molecular flexibility index (Phi) is 36.3. The monoisotopic (exact) mass is 1320 g/mol. The topological polar surface area (TPSA) is 328 Å².